The molecule has 0 atom stereocenters. The summed E-state index contributed by atoms with van der Waals surface area (Å²) in [5.74, 6) is -0.0164. The van der Waals surface area contributed by atoms with Gasteiger partial charge in [-0.15, -0.1) is 0 Å². The number of nitrogens with zero attached hydrogens (tertiary/aromatic N) is 1. The molecule has 3 aromatic rings. The van der Waals surface area contributed by atoms with E-state index in [0.717, 1.165) is 37.9 Å². The van der Waals surface area contributed by atoms with Crippen molar-refractivity contribution in [1.29, 1.82) is 0 Å². The number of hydrogen-bond donors (Lipinski definition) is 1. The number of amides is 2. The van der Waals surface area contributed by atoms with E-state index in [1.54, 1.807) is 42.5 Å². The molecular weight excluding hydrogens is 424 g/mol. The Hall–Kier alpha value is -3.31. The van der Waals surface area contributed by atoms with Gasteiger partial charge in [0, 0.05) is 18.1 Å². The first kappa shape index (κ1) is 21.9. The summed E-state index contributed by atoms with van der Waals surface area (Å²) in [6, 6.07) is 21.8. The molecule has 0 spiro atoms. The molecule has 1 heterocycles. The maximum Gasteiger partial charge on any atom is 0.259 e. The normalized spacial score (nSPS) is 13.5. The van der Waals surface area contributed by atoms with Gasteiger partial charge in [0.15, 0.2) is 0 Å². The van der Waals surface area contributed by atoms with E-state index in [-0.39, 0.29) is 11.8 Å². The molecular formula is C26H25ClN2O3. The zero-order valence-corrected chi connectivity index (χ0v) is 18.5. The third kappa shape index (κ3) is 5.29. The van der Waals surface area contributed by atoms with Gasteiger partial charge in [-0.3, -0.25) is 9.59 Å². The molecule has 0 unspecified atom stereocenters. The van der Waals surface area contributed by atoms with Gasteiger partial charge in [0.05, 0.1) is 16.8 Å². The molecule has 32 heavy (non-hydrogen) atoms. The monoisotopic (exact) mass is 448 g/mol. The average molecular weight is 449 g/mol. The highest BCUT2D eigenvalue weighted by Gasteiger charge is 2.22. The van der Waals surface area contributed by atoms with Crippen LogP contribution in [0, 0.1) is 0 Å². The van der Waals surface area contributed by atoms with Crippen LogP contribution in [0.4, 0.5) is 5.69 Å². The second-order valence-electron chi connectivity index (χ2n) is 7.77. The molecule has 6 heteroatoms. The van der Waals surface area contributed by atoms with Crippen molar-refractivity contribution in [2.24, 2.45) is 0 Å². The van der Waals surface area contributed by atoms with Gasteiger partial charge in [-0.05, 0) is 55.2 Å². The first-order chi connectivity index (χ1) is 15.6. The maximum absolute atomic E-state index is 13.2. The summed E-state index contributed by atoms with van der Waals surface area (Å²) in [6.45, 7) is 1.81. The highest BCUT2D eigenvalue weighted by molar-refractivity contribution is 6.31. The van der Waals surface area contributed by atoms with E-state index < -0.39 is 0 Å². The number of ether oxygens (including phenoxy) is 1. The van der Waals surface area contributed by atoms with E-state index in [2.05, 4.69) is 5.32 Å². The molecule has 4 rings (SSSR count). The molecule has 1 aliphatic heterocycles. The smallest absolute Gasteiger partial charge is 0.259 e. The summed E-state index contributed by atoms with van der Waals surface area (Å²) in [4.78, 5) is 28.1. The van der Waals surface area contributed by atoms with Crippen LogP contribution in [0.2, 0.25) is 5.02 Å². The second-order valence-corrected chi connectivity index (χ2v) is 8.20. The summed E-state index contributed by atoms with van der Waals surface area (Å²) < 4.78 is 5.92. The van der Waals surface area contributed by atoms with E-state index in [1.807, 2.05) is 35.2 Å². The molecule has 0 saturated carbocycles. The number of nitrogens with one attached hydrogen (secondary N) is 1. The Kier molecular flexibility index (Phi) is 7.07. The number of hydrogen-bond acceptors (Lipinski definition) is 3. The Bertz CT molecular complexity index is 1100. The minimum Gasteiger partial charge on any atom is -0.488 e. The standard InChI is InChI=1S/C26H25ClN2O3/c27-20-13-14-24(32-18-19-9-3-1-4-10-19)22(17-20)25(30)28-23-12-6-5-11-21(23)26(31)29-15-7-2-8-16-29/h1,3-6,9-14,17H,2,7-8,15-16,18H2,(H,28,30). The molecule has 1 N–H and O–H groups in total. The first-order valence-corrected chi connectivity index (χ1v) is 11.2. The van der Waals surface area contributed by atoms with Gasteiger partial charge in [-0.2, -0.15) is 0 Å². The lowest BCUT2D eigenvalue weighted by Gasteiger charge is -2.27. The number of para-hydroxylation sites is 1. The Morgan fingerprint density at radius 1 is 0.875 bits per heavy atom. The lowest BCUT2D eigenvalue weighted by Crippen LogP contribution is -2.36. The van der Waals surface area contributed by atoms with Crippen LogP contribution >= 0.6 is 11.6 Å². The van der Waals surface area contributed by atoms with Crippen LogP contribution in [0.1, 0.15) is 45.5 Å². The van der Waals surface area contributed by atoms with E-state index in [0.29, 0.717) is 34.2 Å². The highest BCUT2D eigenvalue weighted by atomic mass is 35.5. The van der Waals surface area contributed by atoms with E-state index in [9.17, 15) is 9.59 Å². The molecule has 3 aromatic carbocycles. The quantitative estimate of drug-likeness (QED) is 0.518. The van der Waals surface area contributed by atoms with Gasteiger partial charge in [0.25, 0.3) is 11.8 Å². The number of anilines is 1. The van der Waals surface area contributed by atoms with Crippen molar-refractivity contribution in [3.05, 3.63) is 94.5 Å². The molecule has 5 nitrogen and oxygen atoms in total. The van der Waals surface area contributed by atoms with E-state index in [4.69, 9.17) is 16.3 Å². The Labute approximate surface area is 193 Å². The van der Waals surface area contributed by atoms with Gasteiger partial charge in [-0.25, -0.2) is 0 Å². The van der Waals surface area contributed by atoms with Crippen LogP contribution in [-0.4, -0.2) is 29.8 Å². The summed E-state index contributed by atoms with van der Waals surface area (Å²) in [5, 5.41) is 3.32. The topological polar surface area (TPSA) is 58.6 Å². The van der Waals surface area contributed by atoms with Crippen molar-refractivity contribution in [3.63, 3.8) is 0 Å². The maximum atomic E-state index is 13.2. The fraction of sp³-hybridized carbons (Fsp3) is 0.231. The average Bonchev–Trinajstić information content (AvgIpc) is 2.84. The van der Waals surface area contributed by atoms with Crippen molar-refractivity contribution < 1.29 is 14.3 Å². The largest absolute Gasteiger partial charge is 0.488 e. The number of benzene rings is 3. The SMILES string of the molecule is O=C(Nc1ccccc1C(=O)N1CCCCC1)c1cc(Cl)ccc1OCc1ccccc1. The van der Waals surface area contributed by atoms with Gasteiger partial charge in [-0.1, -0.05) is 54.1 Å². The molecule has 0 radical (unpaired) electrons. The molecule has 1 saturated heterocycles. The minimum atomic E-state index is -0.380. The van der Waals surface area contributed by atoms with Crippen molar-refractivity contribution in [2.75, 3.05) is 18.4 Å². The summed E-state index contributed by atoms with van der Waals surface area (Å²) in [5.41, 5.74) is 2.26. The third-order valence-electron chi connectivity index (χ3n) is 5.47. The van der Waals surface area contributed by atoms with Crippen molar-refractivity contribution in [2.45, 2.75) is 25.9 Å². The zero-order chi connectivity index (χ0) is 22.3. The van der Waals surface area contributed by atoms with E-state index in [1.165, 1.54) is 0 Å². The fourth-order valence-electron chi connectivity index (χ4n) is 3.78. The third-order valence-corrected chi connectivity index (χ3v) is 5.71. The molecule has 0 aliphatic carbocycles. The van der Waals surface area contributed by atoms with E-state index >= 15 is 0 Å². The molecule has 0 bridgehead atoms. The van der Waals surface area contributed by atoms with Gasteiger partial charge in [0.2, 0.25) is 0 Å². The predicted molar refractivity (Wildman–Crippen MR) is 126 cm³/mol. The highest BCUT2D eigenvalue weighted by Crippen LogP contribution is 2.26. The number of piperidine rings is 1. The predicted octanol–water partition coefficient (Wildman–Crippen LogP) is 5.80. The molecule has 1 aliphatic rings. The van der Waals surface area contributed by atoms with Crippen molar-refractivity contribution in [1.82, 2.24) is 4.90 Å². The Morgan fingerprint density at radius 2 is 1.59 bits per heavy atom. The number of carbonyl (C=O) groups is 2. The van der Waals surface area contributed by atoms with Gasteiger partial charge >= 0.3 is 0 Å². The Balaban J connectivity index is 1.54. The number of halogens is 1. The number of rotatable bonds is 6. The second kappa shape index (κ2) is 10.3. The summed E-state index contributed by atoms with van der Waals surface area (Å²) in [7, 11) is 0. The minimum absolute atomic E-state index is 0.0627. The van der Waals surface area contributed by atoms with Crippen LogP contribution in [0.3, 0.4) is 0 Å². The van der Waals surface area contributed by atoms with Crippen LogP contribution in [0.25, 0.3) is 0 Å². The lowest BCUT2D eigenvalue weighted by molar-refractivity contribution is 0.0725. The summed E-state index contributed by atoms with van der Waals surface area (Å²) >= 11 is 6.17. The van der Waals surface area contributed by atoms with Gasteiger partial charge in [0.1, 0.15) is 12.4 Å². The van der Waals surface area contributed by atoms with Crippen LogP contribution in [-0.2, 0) is 6.61 Å². The number of likely N-dealkylation sites (tertiary alicyclic amines) is 1. The molecule has 164 valence electrons. The van der Waals surface area contributed by atoms with Crippen molar-refractivity contribution in [3.8, 4) is 5.75 Å². The van der Waals surface area contributed by atoms with Crippen molar-refractivity contribution >= 4 is 29.1 Å². The van der Waals surface area contributed by atoms with Crippen LogP contribution in [0.5, 0.6) is 5.75 Å². The van der Waals surface area contributed by atoms with Crippen LogP contribution in [0.15, 0.2) is 72.8 Å². The molecule has 1 fully saturated rings. The Morgan fingerprint density at radius 3 is 2.38 bits per heavy atom. The summed E-state index contributed by atoms with van der Waals surface area (Å²) in [6.07, 6.45) is 3.15. The zero-order valence-electron chi connectivity index (χ0n) is 17.7. The fourth-order valence-corrected chi connectivity index (χ4v) is 3.95. The van der Waals surface area contributed by atoms with Crippen LogP contribution < -0.4 is 10.1 Å². The molecule has 0 aromatic heterocycles. The lowest BCUT2D eigenvalue weighted by atomic mass is 10.1. The molecule has 2 amide bonds. The first-order valence-electron chi connectivity index (χ1n) is 10.8. The van der Waals surface area contributed by atoms with Gasteiger partial charge < -0.3 is 15.0 Å². The number of carbonyl (C=O) groups excluding carboxylic acids is 2.